The van der Waals surface area contributed by atoms with E-state index in [0.29, 0.717) is 12.0 Å². The lowest BCUT2D eigenvalue weighted by Gasteiger charge is -2.40. The van der Waals surface area contributed by atoms with Gasteiger partial charge in [-0.2, -0.15) is 0 Å². The molecule has 3 heteroatoms. The molecule has 130 valence electrons. The summed E-state index contributed by atoms with van der Waals surface area (Å²) >= 11 is 0. The van der Waals surface area contributed by atoms with Crippen molar-refractivity contribution in [2.24, 2.45) is 5.73 Å². The molecule has 1 aromatic carbocycles. The third-order valence-electron chi connectivity index (χ3n) is 4.98. The largest absolute Gasteiger partial charge is 0.493 e. The predicted molar refractivity (Wildman–Crippen MR) is 98.3 cm³/mol. The molecule has 2 atom stereocenters. The van der Waals surface area contributed by atoms with Gasteiger partial charge >= 0.3 is 0 Å². The van der Waals surface area contributed by atoms with Crippen LogP contribution in [-0.2, 0) is 0 Å². The summed E-state index contributed by atoms with van der Waals surface area (Å²) in [4.78, 5) is 2.66. The van der Waals surface area contributed by atoms with Crippen molar-refractivity contribution in [1.29, 1.82) is 0 Å². The van der Waals surface area contributed by atoms with Crippen molar-refractivity contribution in [2.75, 3.05) is 26.2 Å². The van der Waals surface area contributed by atoms with Crippen LogP contribution in [0.5, 0.6) is 5.75 Å². The molecule has 0 bridgehead atoms. The van der Waals surface area contributed by atoms with Gasteiger partial charge in [-0.15, -0.1) is 0 Å². The van der Waals surface area contributed by atoms with E-state index < -0.39 is 0 Å². The Morgan fingerprint density at radius 3 is 2.74 bits per heavy atom. The summed E-state index contributed by atoms with van der Waals surface area (Å²) in [6, 6.07) is 7.25. The van der Waals surface area contributed by atoms with Gasteiger partial charge in [-0.05, 0) is 62.9 Å². The van der Waals surface area contributed by atoms with Gasteiger partial charge < -0.3 is 10.5 Å². The molecule has 2 rings (SSSR count). The fraction of sp³-hybridized carbons (Fsp3) is 0.700. The van der Waals surface area contributed by atoms with Crippen molar-refractivity contribution in [3.63, 3.8) is 0 Å². The third-order valence-corrected chi connectivity index (χ3v) is 4.98. The number of rotatable bonds is 8. The molecule has 2 unspecified atom stereocenters. The molecule has 0 aromatic heterocycles. The molecule has 2 N–H and O–H groups in total. The van der Waals surface area contributed by atoms with Crippen LogP contribution in [-0.4, -0.2) is 37.2 Å². The number of hydrogen-bond acceptors (Lipinski definition) is 3. The molecule has 1 aliphatic rings. The van der Waals surface area contributed by atoms with Crippen molar-refractivity contribution < 1.29 is 4.74 Å². The van der Waals surface area contributed by atoms with E-state index in [4.69, 9.17) is 10.5 Å². The molecule has 0 saturated carbocycles. The van der Waals surface area contributed by atoms with E-state index in [0.717, 1.165) is 25.3 Å². The Kier molecular flexibility index (Phi) is 7.38. The van der Waals surface area contributed by atoms with Crippen molar-refractivity contribution >= 4 is 0 Å². The van der Waals surface area contributed by atoms with E-state index in [2.05, 4.69) is 43.9 Å². The number of ether oxygens (including phenoxy) is 1. The van der Waals surface area contributed by atoms with Gasteiger partial charge in [0.25, 0.3) is 0 Å². The summed E-state index contributed by atoms with van der Waals surface area (Å²) in [5.41, 5.74) is 8.81. The highest BCUT2D eigenvalue weighted by Crippen LogP contribution is 2.32. The molecule has 3 nitrogen and oxygen atoms in total. The molecule has 0 amide bonds. The maximum absolute atomic E-state index is 6.20. The van der Waals surface area contributed by atoms with E-state index in [1.165, 1.54) is 49.9 Å². The third kappa shape index (κ3) is 4.71. The number of aryl methyl sites for hydroxylation is 1. The Bertz CT molecular complexity index is 473. The monoisotopic (exact) mass is 318 g/mol. The lowest BCUT2D eigenvalue weighted by molar-refractivity contribution is 0.127. The van der Waals surface area contributed by atoms with Crippen LogP contribution in [0.1, 0.15) is 63.0 Å². The van der Waals surface area contributed by atoms with Gasteiger partial charge in [0, 0.05) is 18.5 Å². The minimum absolute atomic E-state index is 0.431. The molecule has 0 spiro atoms. The van der Waals surface area contributed by atoms with Crippen LogP contribution in [0.3, 0.4) is 0 Å². The lowest BCUT2D eigenvalue weighted by Crippen LogP contribution is -2.45. The van der Waals surface area contributed by atoms with Gasteiger partial charge in [0.15, 0.2) is 0 Å². The topological polar surface area (TPSA) is 38.5 Å². The van der Waals surface area contributed by atoms with Crippen LogP contribution in [0.4, 0.5) is 0 Å². The molecule has 1 heterocycles. The first-order valence-electron chi connectivity index (χ1n) is 9.38. The Hall–Kier alpha value is -1.06. The van der Waals surface area contributed by atoms with Crippen molar-refractivity contribution in [3.05, 3.63) is 29.3 Å². The normalized spacial score (nSPS) is 20.4. The van der Waals surface area contributed by atoms with Crippen LogP contribution in [0.2, 0.25) is 0 Å². The highest BCUT2D eigenvalue weighted by Gasteiger charge is 2.29. The summed E-state index contributed by atoms with van der Waals surface area (Å²) in [5, 5.41) is 0. The first-order chi connectivity index (χ1) is 11.2. The Morgan fingerprint density at radius 1 is 1.26 bits per heavy atom. The maximum atomic E-state index is 6.20. The van der Waals surface area contributed by atoms with Gasteiger partial charge in [0.2, 0.25) is 0 Å². The standard InChI is InChI=1S/C20H34N2O/c1-4-11-22-12-7-6-8-19(22)18(15-21)17-9-10-20(16(3)14-17)23-13-5-2/h9-10,14,18-19H,4-8,11-13,15,21H2,1-3H3. The molecule has 23 heavy (non-hydrogen) atoms. The molecule has 0 radical (unpaired) electrons. The van der Waals surface area contributed by atoms with Crippen LogP contribution in [0.15, 0.2) is 18.2 Å². The summed E-state index contributed by atoms with van der Waals surface area (Å²) < 4.78 is 5.82. The zero-order chi connectivity index (χ0) is 16.7. The fourth-order valence-electron chi connectivity index (χ4n) is 3.83. The summed E-state index contributed by atoms with van der Waals surface area (Å²) in [6.07, 6.45) is 6.20. The van der Waals surface area contributed by atoms with E-state index in [1.807, 2.05) is 0 Å². The molecule has 1 aromatic rings. The van der Waals surface area contributed by atoms with Crippen LogP contribution in [0.25, 0.3) is 0 Å². The van der Waals surface area contributed by atoms with Crippen LogP contribution >= 0.6 is 0 Å². The highest BCUT2D eigenvalue weighted by molar-refractivity contribution is 5.38. The highest BCUT2D eigenvalue weighted by atomic mass is 16.5. The summed E-state index contributed by atoms with van der Waals surface area (Å²) in [7, 11) is 0. The Labute approximate surface area is 142 Å². The van der Waals surface area contributed by atoms with E-state index >= 15 is 0 Å². The molecular weight excluding hydrogens is 284 g/mol. The first kappa shape index (κ1) is 18.3. The van der Waals surface area contributed by atoms with Gasteiger partial charge in [0.05, 0.1) is 6.61 Å². The number of likely N-dealkylation sites (tertiary alicyclic amines) is 1. The minimum atomic E-state index is 0.431. The Morgan fingerprint density at radius 2 is 2.09 bits per heavy atom. The lowest BCUT2D eigenvalue weighted by atomic mass is 9.84. The van der Waals surface area contributed by atoms with Crippen LogP contribution in [0, 0.1) is 6.92 Å². The maximum Gasteiger partial charge on any atom is 0.122 e. The molecular formula is C20H34N2O. The van der Waals surface area contributed by atoms with Gasteiger partial charge in [-0.1, -0.05) is 32.4 Å². The zero-order valence-corrected chi connectivity index (χ0v) is 15.2. The SMILES string of the molecule is CCCOc1ccc(C(CN)C2CCCCN2CCC)cc1C. The number of benzene rings is 1. The molecule has 0 aliphatic carbocycles. The summed E-state index contributed by atoms with van der Waals surface area (Å²) in [5.74, 6) is 1.45. The van der Waals surface area contributed by atoms with Gasteiger partial charge in [-0.25, -0.2) is 0 Å². The van der Waals surface area contributed by atoms with Crippen molar-refractivity contribution in [3.8, 4) is 5.75 Å². The fourth-order valence-corrected chi connectivity index (χ4v) is 3.83. The summed E-state index contributed by atoms with van der Waals surface area (Å²) in [6.45, 7) is 10.5. The number of nitrogens with zero attached hydrogens (tertiary/aromatic N) is 1. The predicted octanol–water partition coefficient (Wildman–Crippen LogP) is 4.09. The molecule has 1 fully saturated rings. The smallest absolute Gasteiger partial charge is 0.122 e. The number of hydrogen-bond donors (Lipinski definition) is 1. The van der Waals surface area contributed by atoms with E-state index in [9.17, 15) is 0 Å². The van der Waals surface area contributed by atoms with Gasteiger partial charge in [-0.3, -0.25) is 4.90 Å². The molecule has 1 saturated heterocycles. The Balaban J connectivity index is 2.17. The number of piperidine rings is 1. The number of nitrogens with two attached hydrogens (primary N) is 1. The van der Waals surface area contributed by atoms with Gasteiger partial charge in [0.1, 0.15) is 5.75 Å². The quantitative estimate of drug-likeness (QED) is 0.784. The molecule has 1 aliphatic heterocycles. The average Bonchev–Trinajstić information content (AvgIpc) is 2.56. The minimum Gasteiger partial charge on any atom is -0.493 e. The van der Waals surface area contributed by atoms with Crippen LogP contribution < -0.4 is 10.5 Å². The van der Waals surface area contributed by atoms with Crippen molar-refractivity contribution in [2.45, 2.75) is 64.8 Å². The first-order valence-corrected chi connectivity index (χ1v) is 9.38. The van der Waals surface area contributed by atoms with E-state index in [-0.39, 0.29) is 0 Å². The second-order valence-corrected chi connectivity index (χ2v) is 6.81. The van der Waals surface area contributed by atoms with E-state index in [1.54, 1.807) is 0 Å². The zero-order valence-electron chi connectivity index (χ0n) is 15.2. The average molecular weight is 319 g/mol. The second-order valence-electron chi connectivity index (χ2n) is 6.81. The second kappa shape index (κ2) is 9.29. The van der Waals surface area contributed by atoms with Crippen molar-refractivity contribution in [1.82, 2.24) is 4.90 Å².